The first kappa shape index (κ1) is 16.4. The van der Waals surface area contributed by atoms with E-state index in [1.165, 1.54) is 18.2 Å². The number of aromatic nitrogens is 1. The van der Waals surface area contributed by atoms with Gasteiger partial charge in [0.2, 0.25) is 0 Å². The van der Waals surface area contributed by atoms with Crippen LogP contribution in [0.15, 0.2) is 42.6 Å². The van der Waals surface area contributed by atoms with Crippen LogP contribution >= 0.6 is 0 Å². The van der Waals surface area contributed by atoms with Gasteiger partial charge in [0.25, 0.3) is 0 Å². The van der Waals surface area contributed by atoms with E-state index in [2.05, 4.69) is 20.9 Å². The van der Waals surface area contributed by atoms with Gasteiger partial charge in [-0.15, -0.1) is 0 Å². The molecule has 1 heterocycles. The van der Waals surface area contributed by atoms with Gasteiger partial charge in [-0.3, -0.25) is 9.59 Å². The molecule has 1 aromatic carbocycles. The van der Waals surface area contributed by atoms with E-state index in [1.54, 1.807) is 25.3 Å². The predicted molar refractivity (Wildman–Crippen MR) is 85.5 cm³/mol. The molecule has 0 fully saturated rings. The number of hydrogen-bond donors (Lipinski definition) is 3. The summed E-state index contributed by atoms with van der Waals surface area (Å²) in [6, 6.07) is 9.53. The van der Waals surface area contributed by atoms with Gasteiger partial charge in [-0.05, 0) is 42.8 Å². The van der Waals surface area contributed by atoms with Crippen molar-refractivity contribution in [3.8, 4) is 0 Å². The van der Waals surface area contributed by atoms with Crippen molar-refractivity contribution in [2.24, 2.45) is 0 Å². The van der Waals surface area contributed by atoms with Crippen LogP contribution in [0.3, 0.4) is 0 Å². The summed E-state index contributed by atoms with van der Waals surface area (Å²) in [5.74, 6) is -1.23. The van der Waals surface area contributed by atoms with Crippen LogP contribution in [-0.4, -0.2) is 29.9 Å². The Balaban J connectivity index is 1.74. The molecule has 0 unspecified atom stereocenters. The van der Waals surface area contributed by atoms with Crippen molar-refractivity contribution in [1.29, 1.82) is 0 Å². The summed E-state index contributed by atoms with van der Waals surface area (Å²) in [4.78, 5) is 27.5. The van der Waals surface area contributed by atoms with Crippen LogP contribution in [0.2, 0.25) is 0 Å². The highest BCUT2D eigenvalue weighted by atomic mass is 19.1. The van der Waals surface area contributed by atoms with Crippen molar-refractivity contribution in [2.45, 2.75) is 6.92 Å². The highest BCUT2D eigenvalue weighted by Crippen LogP contribution is 2.13. The first-order chi connectivity index (χ1) is 11.1. The van der Waals surface area contributed by atoms with Gasteiger partial charge in [0, 0.05) is 25.0 Å². The Hall–Kier alpha value is -2.96. The molecule has 0 bridgehead atoms. The van der Waals surface area contributed by atoms with Gasteiger partial charge in [0.15, 0.2) is 0 Å². The second-order valence-electron chi connectivity index (χ2n) is 4.82. The van der Waals surface area contributed by atoms with Crippen LogP contribution in [0.4, 0.5) is 15.9 Å². The van der Waals surface area contributed by atoms with Crippen LogP contribution in [0.25, 0.3) is 0 Å². The van der Waals surface area contributed by atoms with E-state index in [1.807, 2.05) is 6.07 Å². The molecule has 120 valence electrons. The van der Waals surface area contributed by atoms with Gasteiger partial charge in [0.1, 0.15) is 11.6 Å². The number of amides is 2. The molecule has 3 N–H and O–H groups in total. The minimum absolute atomic E-state index is 0.269. The van der Waals surface area contributed by atoms with E-state index in [4.69, 9.17) is 0 Å². The molecule has 0 saturated heterocycles. The molecular weight excluding hydrogens is 299 g/mol. The second kappa shape index (κ2) is 7.88. The molecule has 7 heteroatoms. The number of anilines is 2. The minimum Gasteiger partial charge on any atom is -0.368 e. The third kappa shape index (κ3) is 5.06. The fourth-order valence-electron chi connectivity index (χ4n) is 1.82. The molecule has 0 atom stereocenters. The molecule has 0 aliphatic rings. The molecule has 2 rings (SSSR count). The van der Waals surface area contributed by atoms with Gasteiger partial charge in [0.05, 0.1) is 0 Å². The SMILES string of the molecule is Cc1cc(NC(=O)C(=O)NCCNc2ccccn2)ccc1F. The number of benzene rings is 1. The highest BCUT2D eigenvalue weighted by Gasteiger charge is 2.13. The molecule has 2 aromatic rings. The van der Waals surface area contributed by atoms with Crippen molar-refractivity contribution < 1.29 is 14.0 Å². The largest absolute Gasteiger partial charge is 0.368 e. The predicted octanol–water partition coefficient (Wildman–Crippen LogP) is 1.70. The molecular formula is C16H17FN4O2. The molecule has 1 aromatic heterocycles. The van der Waals surface area contributed by atoms with Crippen molar-refractivity contribution >= 4 is 23.3 Å². The average Bonchev–Trinajstić information content (AvgIpc) is 2.55. The van der Waals surface area contributed by atoms with E-state index in [9.17, 15) is 14.0 Å². The molecule has 2 amide bonds. The summed E-state index contributed by atoms with van der Waals surface area (Å²) in [5.41, 5.74) is 0.762. The average molecular weight is 316 g/mol. The van der Waals surface area contributed by atoms with Gasteiger partial charge in [-0.25, -0.2) is 9.37 Å². The first-order valence-electron chi connectivity index (χ1n) is 7.06. The van der Waals surface area contributed by atoms with E-state index < -0.39 is 11.8 Å². The number of halogens is 1. The zero-order chi connectivity index (χ0) is 16.7. The lowest BCUT2D eigenvalue weighted by atomic mass is 10.2. The lowest BCUT2D eigenvalue weighted by molar-refractivity contribution is -0.136. The molecule has 23 heavy (non-hydrogen) atoms. The number of carbonyl (C=O) groups excluding carboxylic acids is 2. The standard InChI is InChI=1S/C16H17FN4O2/c1-11-10-12(5-6-13(11)17)21-16(23)15(22)20-9-8-19-14-4-2-3-7-18-14/h2-7,10H,8-9H2,1H3,(H,18,19)(H,20,22)(H,21,23). The van der Waals surface area contributed by atoms with Crippen LogP contribution in [0, 0.1) is 12.7 Å². The molecule has 6 nitrogen and oxygen atoms in total. The number of rotatable bonds is 5. The Kier molecular flexibility index (Phi) is 5.62. The van der Waals surface area contributed by atoms with Gasteiger partial charge in [-0.2, -0.15) is 0 Å². The van der Waals surface area contributed by atoms with Crippen molar-refractivity contribution in [3.63, 3.8) is 0 Å². The number of nitrogens with one attached hydrogen (secondary N) is 3. The number of hydrogen-bond acceptors (Lipinski definition) is 4. The lowest BCUT2D eigenvalue weighted by Crippen LogP contribution is -2.37. The van der Waals surface area contributed by atoms with E-state index in [-0.39, 0.29) is 12.4 Å². The molecule has 0 radical (unpaired) electrons. The lowest BCUT2D eigenvalue weighted by Gasteiger charge is -2.08. The second-order valence-corrected chi connectivity index (χ2v) is 4.82. The Morgan fingerprint density at radius 3 is 2.65 bits per heavy atom. The van der Waals surface area contributed by atoms with Crippen molar-refractivity contribution in [1.82, 2.24) is 10.3 Å². The normalized spacial score (nSPS) is 10.0. The Labute approximate surface area is 133 Å². The third-order valence-corrected chi connectivity index (χ3v) is 3.00. The summed E-state index contributed by atoms with van der Waals surface area (Å²) in [7, 11) is 0. The first-order valence-corrected chi connectivity index (χ1v) is 7.06. The summed E-state index contributed by atoms with van der Waals surface area (Å²) in [5, 5.41) is 7.90. The summed E-state index contributed by atoms with van der Waals surface area (Å²) in [6.45, 7) is 2.28. The fourth-order valence-corrected chi connectivity index (χ4v) is 1.82. The van der Waals surface area contributed by atoms with E-state index in [0.29, 0.717) is 23.6 Å². The van der Waals surface area contributed by atoms with Gasteiger partial charge in [-0.1, -0.05) is 6.07 Å². The number of nitrogens with zero attached hydrogens (tertiary/aromatic N) is 1. The molecule has 0 aliphatic heterocycles. The maximum absolute atomic E-state index is 13.1. The molecule has 0 spiro atoms. The quantitative estimate of drug-likeness (QED) is 0.579. The van der Waals surface area contributed by atoms with Crippen molar-refractivity contribution in [3.05, 3.63) is 54.0 Å². The highest BCUT2D eigenvalue weighted by molar-refractivity contribution is 6.39. The Bertz CT molecular complexity index is 692. The maximum atomic E-state index is 13.1. The van der Waals surface area contributed by atoms with Crippen LogP contribution in [0.5, 0.6) is 0 Å². The number of pyridine rings is 1. The summed E-state index contributed by atoms with van der Waals surface area (Å²) in [6.07, 6.45) is 1.65. The Morgan fingerprint density at radius 2 is 1.96 bits per heavy atom. The van der Waals surface area contributed by atoms with Crippen LogP contribution in [0.1, 0.15) is 5.56 Å². The zero-order valence-corrected chi connectivity index (χ0v) is 12.6. The number of carbonyl (C=O) groups is 2. The van der Waals surface area contributed by atoms with Crippen LogP contribution in [-0.2, 0) is 9.59 Å². The molecule has 0 aliphatic carbocycles. The number of aryl methyl sites for hydroxylation is 1. The smallest absolute Gasteiger partial charge is 0.313 e. The fraction of sp³-hybridized carbons (Fsp3) is 0.188. The van der Waals surface area contributed by atoms with Gasteiger partial charge < -0.3 is 16.0 Å². The zero-order valence-electron chi connectivity index (χ0n) is 12.6. The topological polar surface area (TPSA) is 83.1 Å². The van der Waals surface area contributed by atoms with Crippen LogP contribution < -0.4 is 16.0 Å². The maximum Gasteiger partial charge on any atom is 0.313 e. The third-order valence-electron chi connectivity index (χ3n) is 3.00. The van der Waals surface area contributed by atoms with E-state index in [0.717, 1.165) is 0 Å². The summed E-state index contributed by atoms with van der Waals surface area (Å²) < 4.78 is 13.1. The van der Waals surface area contributed by atoms with Crippen molar-refractivity contribution in [2.75, 3.05) is 23.7 Å². The van der Waals surface area contributed by atoms with E-state index >= 15 is 0 Å². The monoisotopic (exact) mass is 316 g/mol. The summed E-state index contributed by atoms with van der Waals surface area (Å²) >= 11 is 0. The molecule has 0 saturated carbocycles. The Morgan fingerprint density at radius 1 is 1.13 bits per heavy atom. The van der Waals surface area contributed by atoms with Gasteiger partial charge >= 0.3 is 11.8 Å². The minimum atomic E-state index is -0.797.